The number of carbonyl (C=O) groups is 2. The average Bonchev–Trinajstić information content (AvgIpc) is 2.54. The molecule has 2 amide bonds. The van der Waals surface area contributed by atoms with Crippen molar-refractivity contribution in [3.63, 3.8) is 0 Å². The lowest BCUT2D eigenvalue weighted by Gasteiger charge is -2.42. The van der Waals surface area contributed by atoms with Gasteiger partial charge in [-0.2, -0.15) is 0 Å². The number of aliphatic hydroxyl groups excluding tert-OH is 1. The molecule has 2 heterocycles. The zero-order chi connectivity index (χ0) is 16.9. The van der Waals surface area contributed by atoms with E-state index in [1.54, 1.807) is 17.3 Å². The van der Waals surface area contributed by atoms with Crippen molar-refractivity contribution in [2.24, 2.45) is 0 Å². The number of piperidine rings is 1. The van der Waals surface area contributed by atoms with Crippen LogP contribution in [0.1, 0.15) is 25.3 Å². The molecule has 0 saturated carbocycles. The minimum Gasteiger partial charge on any atom is -0.388 e. The number of carbonyl (C=O) groups excluding carboxylic acids is 2. The number of aliphatic hydroxyl groups is 2. The highest BCUT2D eigenvalue weighted by molar-refractivity contribution is 5.76. The van der Waals surface area contributed by atoms with E-state index in [9.17, 15) is 19.8 Å². The molecule has 1 aromatic heterocycles. The van der Waals surface area contributed by atoms with Crippen LogP contribution in [-0.2, 0) is 16.0 Å². The van der Waals surface area contributed by atoms with E-state index in [0.29, 0.717) is 19.4 Å². The number of aryl methyl sites for hydroxylation is 1. The van der Waals surface area contributed by atoms with Gasteiger partial charge in [0, 0.05) is 45.4 Å². The third kappa shape index (κ3) is 4.74. The maximum absolute atomic E-state index is 12.2. The fraction of sp³-hybridized carbons (Fsp3) is 0.562. The fourth-order valence-electron chi connectivity index (χ4n) is 2.63. The Labute approximate surface area is 135 Å². The Hall–Kier alpha value is -1.99. The van der Waals surface area contributed by atoms with Crippen molar-refractivity contribution in [1.82, 2.24) is 15.2 Å². The summed E-state index contributed by atoms with van der Waals surface area (Å²) in [6.07, 6.45) is 3.49. The molecular formula is C16H23N3O4. The van der Waals surface area contributed by atoms with E-state index in [1.165, 1.54) is 6.92 Å². The van der Waals surface area contributed by atoms with Crippen molar-refractivity contribution >= 4 is 11.8 Å². The number of pyridine rings is 1. The smallest absolute Gasteiger partial charge is 0.222 e. The van der Waals surface area contributed by atoms with Crippen molar-refractivity contribution in [3.8, 4) is 0 Å². The lowest BCUT2D eigenvalue weighted by molar-refractivity contribution is -0.150. The number of hydrogen-bond acceptors (Lipinski definition) is 5. The summed E-state index contributed by atoms with van der Waals surface area (Å²) in [5.41, 5.74) is -0.396. The Morgan fingerprint density at radius 1 is 1.52 bits per heavy atom. The van der Waals surface area contributed by atoms with Crippen molar-refractivity contribution in [1.29, 1.82) is 0 Å². The van der Waals surface area contributed by atoms with E-state index in [1.807, 2.05) is 12.1 Å². The molecule has 1 aliphatic heterocycles. The van der Waals surface area contributed by atoms with Gasteiger partial charge in [-0.1, -0.05) is 6.07 Å². The molecule has 1 fully saturated rings. The number of rotatable bonds is 5. The molecule has 7 nitrogen and oxygen atoms in total. The number of β-amino-alcohol motifs (C(OH)–C–C–N with tert-alkyl or cyclic N) is 1. The highest BCUT2D eigenvalue weighted by Gasteiger charge is 2.41. The van der Waals surface area contributed by atoms with Crippen molar-refractivity contribution < 1.29 is 19.8 Å². The number of nitrogens with one attached hydrogen (secondary N) is 1. The van der Waals surface area contributed by atoms with Crippen molar-refractivity contribution in [2.75, 3.05) is 19.6 Å². The maximum Gasteiger partial charge on any atom is 0.222 e. The topological polar surface area (TPSA) is 103 Å². The Kier molecular flexibility index (Phi) is 5.68. The van der Waals surface area contributed by atoms with Crippen LogP contribution >= 0.6 is 0 Å². The Balaban J connectivity index is 1.84. The second-order valence-corrected chi connectivity index (χ2v) is 5.98. The fourth-order valence-corrected chi connectivity index (χ4v) is 2.63. The van der Waals surface area contributed by atoms with Crippen molar-refractivity contribution in [3.05, 3.63) is 30.1 Å². The lowest BCUT2D eigenvalue weighted by atomic mass is 9.88. The summed E-state index contributed by atoms with van der Waals surface area (Å²) in [7, 11) is 0. The molecule has 2 rings (SSSR count). The number of aromatic nitrogens is 1. The highest BCUT2D eigenvalue weighted by Crippen LogP contribution is 2.23. The first kappa shape index (κ1) is 17.4. The number of amides is 2. The SMILES string of the molecule is CC(=O)NC[C@]1(O)CCN(C(=O)CCc2cccnc2)C[C@H]1O. The predicted octanol–water partition coefficient (Wildman–Crippen LogP) is -0.525. The van der Waals surface area contributed by atoms with E-state index < -0.39 is 11.7 Å². The Morgan fingerprint density at radius 3 is 2.91 bits per heavy atom. The van der Waals surface area contributed by atoms with Gasteiger partial charge in [-0.3, -0.25) is 14.6 Å². The quantitative estimate of drug-likeness (QED) is 0.677. The molecule has 0 spiro atoms. The van der Waals surface area contributed by atoms with Crippen LogP contribution in [0.15, 0.2) is 24.5 Å². The minimum absolute atomic E-state index is 0.0127. The van der Waals surface area contributed by atoms with Gasteiger partial charge >= 0.3 is 0 Å². The van der Waals surface area contributed by atoms with Gasteiger partial charge in [0.25, 0.3) is 0 Å². The summed E-state index contributed by atoms with van der Waals surface area (Å²) in [4.78, 5) is 28.8. The van der Waals surface area contributed by atoms with Crippen LogP contribution < -0.4 is 5.32 Å². The summed E-state index contributed by atoms with van der Waals surface area (Å²) in [5, 5.41) is 23.0. The van der Waals surface area contributed by atoms with Gasteiger partial charge in [0.05, 0.1) is 0 Å². The van der Waals surface area contributed by atoms with E-state index in [-0.39, 0.29) is 31.3 Å². The second kappa shape index (κ2) is 7.52. The van der Waals surface area contributed by atoms with Crippen LogP contribution in [0.4, 0.5) is 0 Å². The Bertz CT molecular complexity index is 552. The normalized spacial score (nSPS) is 24.3. The zero-order valence-electron chi connectivity index (χ0n) is 13.2. The third-order valence-electron chi connectivity index (χ3n) is 4.17. The number of hydrogen-bond donors (Lipinski definition) is 3. The van der Waals surface area contributed by atoms with Crippen LogP contribution in [0.25, 0.3) is 0 Å². The number of nitrogens with zero attached hydrogens (tertiary/aromatic N) is 2. The third-order valence-corrected chi connectivity index (χ3v) is 4.17. The molecule has 0 bridgehead atoms. The molecule has 7 heteroatoms. The predicted molar refractivity (Wildman–Crippen MR) is 83.4 cm³/mol. The van der Waals surface area contributed by atoms with E-state index in [2.05, 4.69) is 10.3 Å². The van der Waals surface area contributed by atoms with Gasteiger partial charge in [-0.05, 0) is 24.5 Å². The molecule has 126 valence electrons. The van der Waals surface area contributed by atoms with Gasteiger partial charge < -0.3 is 20.4 Å². The van der Waals surface area contributed by atoms with E-state index in [0.717, 1.165) is 5.56 Å². The molecule has 3 N–H and O–H groups in total. The number of likely N-dealkylation sites (tertiary alicyclic amines) is 1. The molecule has 1 saturated heterocycles. The molecular weight excluding hydrogens is 298 g/mol. The summed E-state index contributed by atoms with van der Waals surface area (Å²) in [6.45, 7) is 1.77. The monoisotopic (exact) mass is 321 g/mol. The van der Waals surface area contributed by atoms with Crippen LogP contribution in [0.2, 0.25) is 0 Å². The first-order valence-electron chi connectivity index (χ1n) is 7.72. The molecule has 0 radical (unpaired) electrons. The molecule has 2 atom stereocenters. The van der Waals surface area contributed by atoms with Gasteiger partial charge in [-0.15, -0.1) is 0 Å². The van der Waals surface area contributed by atoms with Gasteiger partial charge in [-0.25, -0.2) is 0 Å². The van der Waals surface area contributed by atoms with Crippen LogP contribution in [0.3, 0.4) is 0 Å². The minimum atomic E-state index is -1.38. The first-order chi connectivity index (χ1) is 10.9. The summed E-state index contributed by atoms with van der Waals surface area (Å²) in [5.74, 6) is -0.324. The highest BCUT2D eigenvalue weighted by atomic mass is 16.3. The van der Waals surface area contributed by atoms with Crippen molar-refractivity contribution in [2.45, 2.75) is 37.9 Å². The van der Waals surface area contributed by atoms with Gasteiger partial charge in [0.15, 0.2) is 0 Å². The van der Waals surface area contributed by atoms with Gasteiger partial charge in [0.2, 0.25) is 11.8 Å². The summed E-state index contributed by atoms with van der Waals surface area (Å²) >= 11 is 0. The summed E-state index contributed by atoms with van der Waals surface area (Å²) in [6, 6.07) is 3.74. The summed E-state index contributed by atoms with van der Waals surface area (Å²) < 4.78 is 0. The molecule has 1 aromatic rings. The average molecular weight is 321 g/mol. The molecule has 0 aromatic carbocycles. The van der Waals surface area contributed by atoms with Crippen LogP contribution in [0, 0.1) is 0 Å². The molecule has 1 aliphatic rings. The standard InChI is InChI=1S/C16H23N3O4/c1-12(20)18-11-16(23)6-8-19(10-14(16)21)15(22)5-4-13-3-2-7-17-9-13/h2-3,7,9,14,21,23H,4-6,8,10-11H2,1H3,(H,18,20)/t14-,16-/m1/s1. The molecule has 0 unspecified atom stereocenters. The second-order valence-electron chi connectivity index (χ2n) is 5.98. The van der Waals surface area contributed by atoms with Crippen LogP contribution in [0.5, 0.6) is 0 Å². The maximum atomic E-state index is 12.2. The van der Waals surface area contributed by atoms with Gasteiger partial charge in [0.1, 0.15) is 11.7 Å². The Morgan fingerprint density at radius 2 is 2.30 bits per heavy atom. The molecule has 23 heavy (non-hydrogen) atoms. The molecule has 0 aliphatic carbocycles. The van der Waals surface area contributed by atoms with Crippen LogP contribution in [-0.4, -0.2) is 63.3 Å². The van der Waals surface area contributed by atoms with E-state index >= 15 is 0 Å². The largest absolute Gasteiger partial charge is 0.388 e. The zero-order valence-corrected chi connectivity index (χ0v) is 13.2. The van der Waals surface area contributed by atoms with E-state index in [4.69, 9.17) is 0 Å². The first-order valence-corrected chi connectivity index (χ1v) is 7.72. The lowest BCUT2D eigenvalue weighted by Crippen LogP contribution is -2.61.